The van der Waals surface area contributed by atoms with Gasteiger partial charge in [0.25, 0.3) is 0 Å². The Morgan fingerprint density at radius 2 is 2.05 bits per heavy atom. The summed E-state index contributed by atoms with van der Waals surface area (Å²) in [6.07, 6.45) is 0.00306. The number of nitrogens with zero attached hydrogens (tertiary/aromatic N) is 1. The fourth-order valence-corrected chi connectivity index (χ4v) is 2.13. The van der Waals surface area contributed by atoms with Crippen molar-refractivity contribution in [3.05, 3.63) is 28.8 Å². The van der Waals surface area contributed by atoms with Crippen LogP contribution in [0.1, 0.15) is 38.1 Å². The van der Waals surface area contributed by atoms with E-state index in [0.29, 0.717) is 22.2 Å². The largest absolute Gasteiger partial charge is 0.459 e. The minimum atomic E-state index is -0.442. The molecule has 0 amide bonds. The Kier molecular flexibility index (Phi) is 7.78. The van der Waals surface area contributed by atoms with E-state index in [1.54, 1.807) is 37.6 Å². The average molecular weight is 330 g/mol. The summed E-state index contributed by atoms with van der Waals surface area (Å²) in [5, 5.41) is 0.357. The van der Waals surface area contributed by atoms with Crippen LogP contribution in [0.3, 0.4) is 0 Å². The number of halogens is 1. The van der Waals surface area contributed by atoms with Crippen LogP contribution in [0.2, 0.25) is 5.02 Å². The quantitative estimate of drug-likeness (QED) is 0.239. The van der Waals surface area contributed by atoms with Crippen LogP contribution in [0.5, 0.6) is 0 Å². The Morgan fingerprint density at radius 3 is 2.67 bits per heavy atom. The van der Waals surface area contributed by atoms with Crippen molar-refractivity contribution in [2.45, 2.75) is 39.9 Å². The number of carbonyl (C=O) groups excluding carboxylic acids is 1. The molecule has 0 unspecified atom stereocenters. The van der Waals surface area contributed by atoms with Gasteiger partial charge < -0.3 is 9.47 Å². The maximum atomic E-state index is 11.9. The highest BCUT2D eigenvalue weighted by Crippen LogP contribution is 2.24. The highest BCUT2D eigenvalue weighted by molar-refractivity contribution is 8.11. The average Bonchev–Trinajstić information content (AvgIpc) is 2.38. The smallest absolute Gasteiger partial charge is 0.339 e. The van der Waals surface area contributed by atoms with E-state index in [2.05, 4.69) is 4.99 Å². The van der Waals surface area contributed by atoms with Gasteiger partial charge in [0.05, 0.1) is 40.0 Å². The first-order valence-corrected chi connectivity index (χ1v) is 8.09. The second-order valence-corrected chi connectivity index (χ2v) is 6.04. The number of rotatable bonds is 7. The number of hydrogen-bond donors (Lipinski definition) is 0. The molecule has 0 atom stereocenters. The molecule has 0 aliphatic rings. The van der Waals surface area contributed by atoms with E-state index in [1.807, 2.05) is 13.8 Å². The molecule has 1 aromatic rings. The summed E-state index contributed by atoms with van der Waals surface area (Å²) in [4.78, 5) is 16.2. The van der Waals surface area contributed by atoms with Crippen LogP contribution in [0, 0.1) is 0 Å². The van der Waals surface area contributed by atoms with Gasteiger partial charge in [-0.15, -0.1) is 0 Å². The van der Waals surface area contributed by atoms with Crippen molar-refractivity contribution in [2.24, 2.45) is 4.99 Å². The van der Waals surface area contributed by atoms with Crippen LogP contribution in [0.25, 0.3) is 0 Å². The normalized spacial score (nSPS) is 11.6. The van der Waals surface area contributed by atoms with Crippen LogP contribution in [-0.4, -0.2) is 29.7 Å². The van der Waals surface area contributed by atoms with Gasteiger partial charge in [-0.25, -0.2) is 9.79 Å². The Hall–Kier alpha value is -1.04. The molecule has 0 aliphatic heterocycles. The number of aliphatic imine (C=N–C) groups is 1. The first kappa shape index (κ1) is 18.0. The van der Waals surface area contributed by atoms with Gasteiger partial charge in [0.2, 0.25) is 0 Å². The maximum Gasteiger partial charge on any atom is 0.339 e. The van der Waals surface area contributed by atoms with Gasteiger partial charge in [0, 0.05) is 0 Å². The molecule has 0 heterocycles. The van der Waals surface area contributed by atoms with Crippen molar-refractivity contribution < 1.29 is 14.3 Å². The van der Waals surface area contributed by atoms with E-state index in [4.69, 9.17) is 21.1 Å². The van der Waals surface area contributed by atoms with Gasteiger partial charge in [0.1, 0.15) is 0 Å². The molecule has 0 aromatic heterocycles. The molecule has 0 spiro atoms. The second-order valence-electron chi connectivity index (χ2n) is 4.85. The lowest BCUT2D eigenvalue weighted by molar-refractivity contribution is 0.0378. The number of esters is 1. The van der Waals surface area contributed by atoms with Gasteiger partial charge >= 0.3 is 5.97 Å². The number of carbonyl (C=O) groups is 1. The molecular weight excluding hydrogens is 310 g/mol. The summed E-state index contributed by atoms with van der Waals surface area (Å²) >= 11 is 7.46. The number of thioether (sulfide) groups is 1. The number of benzene rings is 1. The molecule has 4 nitrogen and oxygen atoms in total. The predicted molar refractivity (Wildman–Crippen MR) is 88.8 cm³/mol. The first-order valence-electron chi connectivity index (χ1n) is 6.66. The zero-order valence-electron chi connectivity index (χ0n) is 12.6. The zero-order chi connectivity index (χ0) is 15.8. The third-order valence-corrected chi connectivity index (χ3v) is 3.11. The van der Waals surface area contributed by atoms with E-state index >= 15 is 0 Å². The molecular formula is C15H20ClNO3S. The Labute approximate surface area is 134 Å². The van der Waals surface area contributed by atoms with Crippen molar-refractivity contribution in [1.29, 1.82) is 0 Å². The molecule has 6 heteroatoms. The lowest BCUT2D eigenvalue weighted by atomic mass is 10.2. The van der Waals surface area contributed by atoms with Crippen molar-refractivity contribution in [3.63, 3.8) is 0 Å². The molecule has 1 rings (SSSR count). The zero-order valence-corrected chi connectivity index (χ0v) is 14.2. The summed E-state index contributed by atoms with van der Waals surface area (Å²) in [6, 6.07) is 5.00. The molecule has 0 N–H and O–H groups in total. The summed E-state index contributed by atoms with van der Waals surface area (Å²) in [6.45, 7) is 7.53. The van der Waals surface area contributed by atoms with Crippen LogP contribution < -0.4 is 0 Å². The molecule has 1 aromatic carbocycles. The van der Waals surface area contributed by atoms with Crippen LogP contribution in [-0.2, 0) is 9.47 Å². The summed E-state index contributed by atoms with van der Waals surface area (Å²) in [5.41, 5.74) is 2.65. The molecule has 0 fully saturated rings. The van der Waals surface area contributed by atoms with Crippen molar-refractivity contribution in [1.82, 2.24) is 0 Å². The molecule has 21 heavy (non-hydrogen) atoms. The molecule has 116 valence electrons. The highest BCUT2D eigenvalue weighted by atomic mass is 35.5. The van der Waals surface area contributed by atoms with Crippen molar-refractivity contribution >= 4 is 40.6 Å². The van der Waals surface area contributed by atoms with Gasteiger partial charge in [0.15, 0.2) is 0 Å². The molecule has 0 aliphatic carbocycles. The molecule has 0 saturated heterocycles. The molecule has 0 radical (unpaired) electrons. The van der Waals surface area contributed by atoms with Crippen molar-refractivity contribution in [3.8, 4) is 0 Å². The number of hydrogen-bond acceptors (Lipinski definition) is 5. The fraction of sp³-hybridized carbons (Fsp3) is 0.467. The van der Waals surface area contributed by atoms with Gasteiger partial charge in [-0.05, 0) is 45.9 Å². The van der Waals surface area contributed by atoms with Crippen LogP contribution in [0.4, 0.5) is 5.69 Å². The minimum absolute atomic E-state index is 0.190. The van der Waals surface area contributed by atoms with E-state index in [0.717, 1.165) is 0 Å². The van der Waals surface area contributed by atoms with Crippen molar-refractivity contribution in [2.75, 3.05) is 5.94 Å². The topological polar surface area (TPSA) is 47.9 Å². The summed E-state index contributed by atoms with van der Waals surface area (Å²) in [7, 11) is 0. The summed E-state index contributed by atoms with van der Waals surface area (Å²) in [5.74, 6) is 0.0969. The van der Waals surface area contributed by atoms with Crippen LogP contribution in [0.15, 0.2) is 23.2 Å². The Balaban J connectivity index is 2.68. The monoisotopic (exact) mass is 329 g/mol. The Morgan fingerprint density at radius 1 is 1.33 bits per heavy atom. The highest BCUT2D eigenvalue weighted by Gasteiger charge is 2.13. The maximum absolute atomic E-state index is 11.9. The summed E-state index contributed by atoms with van der Waals surface area (Å²) < 4.78 is 10.5. The molecule has 0 bridgehead atoms. The van der Waals surface area contributed by atoms with E-state index in [9.17, 15) is 4.79 Å². The van der Waals surface area contributed by atoms with E-state index in [-0.39, 0.29) is 12.2 Å². The van der Waals surface area contributed by atoms with Gasteiger partial charge in [-0.1, -0.05) is 23.4 Å². The SMILES string of the molecule is CC(C)OCSC=Nc1ccc(Cl)c(C(=O)OC(C)C)c1. The van der Waals surface area contributed by atoms with E-state index < -0.39 is 5.97 Å². The van der Waals surface area contributed by atoms with Crippen LogP contribution >= 0.6 is 23.4 Å². The standard InChI is InChI=1S/C15H20ClNO3S/c1-10(2)19-9-21-8-17-12-5-6-14(16)13(7-12)15(18)20-11(3)4/h5-8,10-11H,9H2,1-4H3. The lowest BCUT2D eigenvalue weighted by Crippen LogP contribution is -2.11. The fourth-order valence-electron chi connectivity index (χ4n) is 1.33. The van der Waals surface area contributed by atoms with Gasteiger partial charge in [-0.2, -0.15) is 0 Å². The first-order chi connectivity index (χ1) is 9.90. The number of ether oxygens (including phenoxy) is 2. The lowest BCUT2D eigenvalue weighted by Gasteiger charge is -2.09. The predicted octanol–water partition coefficient (Wildman–Crippen LogP) is 4.68. The second kappa shape index (κ2) is 9.07. The minimum Gasteiger partial charge on any atom is -0.459 e. The van der Waals surface area contributed by atoms with E-state index in [1.165, 1.54) is 11.8 Å². The molecule has 0 saturated carbocycles. The Bertz CT molecular complexity index is 504. The third kappa shape index (κ3) is 6.98. The third-order valence-electron chi connectivity index (χ3n) is 2.26. The van der Waals surface area contributed by atoms with Gasteiger partial charge in [-0.3, -0.25) is 0 Å².